The highest BCUT2D eigenvalue weighted by molar-refractivity contribution is 7.99. The molecule has 4 fully saturated rings. The Balaban J connectivity index is 1.27. The Labute approximate surface area is 156 Å². The zero-order valence-corrected chi connectivity index (χ0v) is 16.4. The number of thioether (sulfide) groups is 1. The Morgan fingerprint density at radius 1 is 1.12 bits per heavy atom. The van der Waals surface area contributed by atoms with Crippen LogP contribution in [-0.2, 0) is 10.5 Å². The fourth-order valence-corrected chi connectivity index (χ4v) is 6.89. The Kier molecular flexibility index (Phi) is 4.87. The molecule has 4 saturated carbocycles. The number of hydrogen-bond donors (Lipinski definition) is 1. The Bertz CT molecular complexity index is 588. The number of hydrogen-bond acceptors (Lipinski definition) is 2. The Morgan fingerprint density at radius 3 is 2.24 bits per heavy atom. The van der Waals surface area contributed by atoms with E-state index in [1.54, 1.807) is 11.8 Å². The van der Waals surface area contributed by atoms with Crippen LogP contribution in [0.3, 0.4) is 0 Å². The molecule has 3 heteroatoms. The van der Waals surface area contributed by atoms with Crippen molar-refractivity contribution in [3.05, 3.63) is 35.4 Å². The van der Waals surface area contributed by atoms with Gasteiger partial charge < -0.3 is 5.32 Å². The third-order valence-corrected chi connectivity index (χ3v) is 8.01. The van der Waals surface area contributed by atoms with Gasteiger partial charge in [0.15, 0.2) is 0 Å². The first kappa shape index (κ1) is 17.5. The highest BCUT2D eigenvalue weighted by Gasteiger charge is 2.53. The predicted molar refractivity (Wildman–Crippen MR) is 106 cm³/mol. The third kappa shape index (κ3) is 3.77. The van der Waals surface area contributed by atoms with Crippen LogP contribution in [0.1, 0.15) is 56.6 Å². The van der Waals surface area contributed by atoms with Crippen molar-refractivity contribution in [3.63, 3.8) is 0 Å². The number of carbonyl (C=O) groups excluding carboxylic acids is 1. The number of rotatable bonds is 6. The highest BCUT2D eigenvalue weighted by atomic mass is 32.2. The summed E-state index contributed by atoms with van der Waals surface area (Å²) in [5, 5.41) is 3.37. The molecule has 0 saturated heterocycles. The molecule has 1 atom stereocenters. The molecule has 1 N–H and O–H groups in total. The third-order valence-electron chi connectivity index (χ3n) is 7.00. The molecule has 0 spiro atoms. The van der Waals surface area contributed by atoms with Crippen LogP contribution in [0.25, 0.3) is 0 Å². The molecule has 2 nitrogen and oxygen atoms in total. The van der Waals surface area contributed by atoms with Gasteiger partial charge >= 0.3 is 0 Å². The molecule has 0 radical (unpaired) electrons. The molecule has 1 aromatic carbocycles. The van der Waals surface area contributed by atoms with Gasteiger partial charge in [-0.05, 0) is 81.1 Å². The lowest BCUT2D eigenvalue weighted by atomic mass is 9.48. The Morgan fingerprint density at radius 2 is 1.68 bits per heavy atom. The van der Waals surface area contributed by atoms with Gasteiger partial charge in [0.05, 0.1) is 5.75 Å². The van der Waals surface area contributed by atoms with E-state index in [-0.39, 0.29) is 5.91 Å². The lowest BCUT2D eigenvalue weighted by Crippen LogP contribution is -2.56. The summed E-state index contributed by atoms with van der Waals surface area (Å²) in [5.41, 5.74) is 3.00. The fourth-order valence-electron chi connectivity index (χ4n) is 6.09. The van der Waals surface area contributed by atoms with Crippen molar-refractivity contribution in [2.24, 2.45) is 23.2 Å². The smallest absolute Gasteiger partial charge is 0.230 e. The first-order chi connectivity index (χ1) is 12.0. The van der Waals surface area contributed by atoms with Crippen LogP contribution in [0.2, 0.25) is 0 Å². The van der Waals surface area contributed by atoms with E-state index in [9.17, 15) is 4.79 Å². The minimum absolute atomic E-state index is 0.223. The van der Waals surface area contributed by atoms with E-state index >= 15 is 0 Å². The molecule has 136 valence electrons. The van der Waals surface area contributed by atoms with Crippen molar-refractivity contribution < 1.29 is 4.79 Å². The number of benzene rings is 1. The van der Waals surface area contributed by atoms with E-state index in [2.05, 4.69) is 43.4 Å². The molecule has 4 aliphatic carbocycles. The molecule has 1 amide bonds. The summed E-state index contributed by atoms with van der Waals surface area (Å²) >= 11 is 1.73. The molecule has 25 heavy (non-hydrogen) atoms. The monoisotopic (exact) mass is 357 g/mol. The number of nitrogens with one attached hydrogen (secondary N) is 1. The lowest BCUT2D eigenvalue weighted by molar-refractivity contribution is -0.123. The SMILES string of the molecule is Cc1ccc(CSCC(=O)N[C@H](C)C23CC4CC(CC(C4)C2)C3)cc1. The molecule has 0 aliphatic heterocycles. The average Bonchev–Trinajstić information content (AvgIpc) is 2.55. The maximum atomic E-state index is 12.5. The second-order valence-corrected chi connectivity index (χ2v) is 10.0. The summed E-state index contributed by atoms with van der Waals surface area (Å²) < 4.78 is 0. The summed E-state index contributed by atoms with van der Waals surface area (Å²) in [7, 11) is 0. The van der Waals surface area contributed by atoms with Crippen LogP contribution in [0.4, 0.5) is 0 Å². The lowest BCUT2D eigenvalue weighted by Gasteiger charge is -2.59. The van der Waals surface area contributed by atoms with Gasteiger partial charge in [-0.15, -0.1) is 11.8 Å². The van der Waals surface area contributed by atoms with Crippen molar-refractivity contribution in [2.75, 3.05) is 5.75 Å². The van der Waals surface area contributed by atoms with E-state index in [1.165, 1.54) is 49.7 Å². The van der Waals surface area contributed by atoms with Crippen molar-refractivity contribution in [3.8, 4) is 0 Å². The molecule has 0 aromatic heterocycles. The van der Waals surface area contributed by atoms with Gasteiger partial charge in [-0.1, -0.05) is 29.8 Å². The number of carbonyl (C=O) groups is 1. The second-order valence-electron chi connectivity index (χ2n) is 9.05. The van der Waals surface area contributed by atoms with Crippen molar-refractivity contribution in [1.29, 1.82) is 0 Å². The standard InChI is InChI=1S/C22H31NOS/c1-15-3-5-17(6-4-15)13-25-14-21(24)23-16(2)22-10-18-7-19(11-22)9-20(8-18)12-22/h3-6,16,18-20H,7-14H2,1-2H3,(H,23,24)/t16-,18?,19?,20?,22?/m1/s1. The largest absolute Gasteiger partial charge is 0.352 e. The maximum Gasteiger partial charge on any atom is 0.230 e. The van der Waals surface area contributed by atoms with Crippen LogP contribution < -0.4 is 5.32 Å². The van der Waals surface area contributed by atoms with Crippen LogP contribution >= 0.6 is 11.8 Å². The fraction of sp³-hybridized carbons (Fsp3) is 0.682. The summed E-state index contributed by atoms with van der Waals surface area (Å²) in [6.07, 6.45) is 8.47. The van der Waals surface area contributed by atoms with E-state index in [0.29, 0.717) is 17.2 Å². The zero-order valence-electron chi connectivity index (χ0n) is 15.6. The topological polar surface area (TPSA) is 29.1 Å². The van der Waals surface area contributed by atoms with Crippen molar-refractivity contribution in [2.45, 2.75) is 64.2 Å². The molecular formula is C22H31NOS. The quantitative estimate of drug-likeness (QED) is 0.780. The zero-order chi connectivity index (χ0) is 17.4. The first-order valence-electron chi connectivity index (χ1n) is 9.95. The maximum absolute atomic E-state index is 12.5. The summed E-state index contributed by atoms with van der Waals surface area (Å²) in [6, 6.07) is 8.96. The molecule has 4 bridgehead atoms. The van der Waals surface area contributed by atoms with Gasteiger partial charge in [-0.25, -0.2) is 0 Å². The molecule has 1 aromatic rings. The normalized spacial score (nSPS) is 34.1. The molecule has 5 rings (SSSR count). The van der Waals surface area contributed by atoms with E-state index in [0.717, 1.165) is 23.5 Å². The van der Waals surface area contributed by atoms with Gasteiger partial charge in [0, 0.05) is 11.8 Å². The summed E-state index contributed by atoms with van der Waals surface area (Å²) in [5.74, 6) is 4.55. The Hall–Kier alpha value is -0.960. The van der Waals surface area contributed by atoms with Crippen LogP contribution in [0.15, 0.2) is 24.3 Å². The summed E-state index contributed by atoms with van der Waals surface area (Å²) in [6.45, 7) is 4.38. The predicted octanol–water partition coefficient (Wildman–Crippen LogP) is 4.95. The van der Waals surface area contributed by atoms with Gasteiger partial charge in [-0.2, -0.15) is 0 Å². The molecule has 4 aliphatic rings. The minimum Gasteiger partial charge on any atom is -0.352 e. The molecule has 0 heterocycles. The van der Waals surface area contributed by atoms with E-state index in [1.807, 2.05) is 0 Å². The number of aryl methyl sites for hydroxylation is 1. The van der Waals surface area contributed by atoms with Crippen molar-refractivity contribution in [1.82, 2.24) is 5.32 Å². The number of amides is 1. The van der Waals surface area contributed by atoms with Gasteiger partial charge in [0.25, 0.3) is 0 Å². The van der Waals surface area contributed by atoms with Gasteiger partial charge in [-0.3, -0.25) is 4.79 Å². The molecular weight excluding hydrogens is 326 g/mol. The van der Waals surface area contributed by atoms with Crippen molar-refractivity contribution >= 4 is 17.7 Å². The van der Waals surface area contributed by atoms with Crippen LogP contribution in [0, 0.1) is 30.1 Å². The van der Waals surface area contributed by atoms with E-state index in [4.69, 9.17) is 0 Å². The first-order valence-corrected chi connectivity index (χ1v) is 11.1. The second kappa shape index (κ2) is 6.98. The average molecular weight is 358 g/mol. The summed E-state index contributed by atoms with van der Waals surface area (Å²) in [4.78, 5) is 12.5. The van der Waals surface area contributed by atoms with Gasteiger partial charge in [0.2, 0.25) is 5.91 Å². The minimum atomic E-state index is 0.223. The van der Waals surface area contributed by atoms with Gasteiger partial charge in [0.1, 0.15) is 0 Å². The van der Waals surface area contributed by atoms with E-state index < -0.39 is 0 Å². The highest BCUT2D eigenvalue weighted by Crippen LogP contribution is 2.61. The molecule has 0 unspecified atom stereocenters. The van der Waals surface area contributed by atoms with Crippen LogP contribution in [0.5, 0.6) is 0 Å². The van der Waals surface area contributed by atoms with Crippen LogP contribution in [-0.4, -0.2) is 17.7 Å².